The van der Waals surface area contributed by atoms with E-state index in [1.165, 1.54) is 21.5 Å². The van der Waals surface area contributed by atoms with Crippen LogP contribution in [0.5, 0.6) is 0 Å². The Morgan fingerprint density at radius 3 is 1.51 bits per heavy atom. The molecule has 15 rings (SSSR count). The predicted octanol–water partition coefficient (Wildman–Crippen LogP) is 16.9. The lowest BCUT2D eigenvalue weighted by molar-refractivity contribution is 0.667. The third kappa shape index (κ3) is 5.89. The molecule has 0 saturated heterocycles. The van der Waals surface area contributed by atoms with Gasteiger partial charge in [0.05, 0.1) is 16.7 Å². The van der Waals surface area contributed by atoms with Crippen molar-refractivity contribution in [1.82, 2.24) is 19.5 Å². The molecule has 6 heteroatoms. The van der Waals surface area contributed by atoms with Gasteiger partial charge in [-0.25, -0.2) is 15.0 Å². The summed E-state index contributed by atoms with van der Waals surface area (Å²) < 4.78 is 15.9. The maximum absolute atomic E-state index is 7.11. The molecule has 320 valence electrons. The summed E-state index contributed by atoms with van der Waals surface area (Å²) in [5.74, 6) is 1.67. The molecule has 0 spiro atoms. The molecule has 0 aliphatic carbocycles. The number of para-hydroxylation sites is 1. The Morgan fingerprint density at radius 1 is 0.304 bits per heavy atom. The fraction of sp³-hybridized carbons (Fsp3) is 0. The van der Waals surface area contributed by atoms with Crippen molar-refractivity contribution in [3.63, 3.8) is 0 Å². The van der Waals surface area contributed by atoms with E-state index in [0.717, 1.165) is 110 Å². The molecule has 4 heterocycles. The summed E-state index contributed by atoms with van der Waals surface area (Å²) >= 11 is 0. The summed E-state index contributed by atoms with van der Waals surface area (Å²) in [7, 11) is 0. The van der Waals surface area contributed by atoms with Crippen molar-refractivity contribution >= 4 is 98.0 Å². The van der Waals surface area contributed by atoms with E-state index in [0.29, 0.717) is 17.5 Å². The third-order valence-corrected chi connectivity index (χ3v) is 13.9. The van der Waals surface area contributed by atoms with Crippen LogP contribution < -0.4 is 0 Å². The molecule has 11 aromatic carbocycles. The molecule has 0 bridgehead atoms. The summed E-state index contributed by atoms with van der Waals surface area (Å²) in [5, 5.41) is 13.2. The zero-order valence-corrected chi connectivity index (χ0v) is 36.9. The van der Waals surface area contributed by atoms with Crippen molar-refractivity contribution < 1.29 is 8.83 Å². The van der Waals surface area contributed by atoms with Crippen LogP contribution in [-0.2, 0) is 0 Å². The van der Waals surface area contributed by atoms with Crippen LogP contribution in [0.2, 0.25) is 0 Å². The van der Waals surface area contributed by atoms with Crippen LogP contribution in [0.3, 0.4) is 0 Å². The molecule has 0 atom stereocenters. The number of benzene rings is 11. The Hall–Kier alpha value is -9.39. The minimum absolute atomic E-state index is 0.543. The van der Waals surface area contributed by atoms with E-state index < -0.39 is 0 Å². The van der Waals surface area contributed by atoms with Gasteiger partial charge in [0, 0.05) is 49.0 Å². The molecule has 6 nitrogen and oxygen atoms in total. The fourth-order valence-electron chi connectivity index (χ4n) is 10.6. The van der Waals surface area contributed by atoms with Gasteiger partial charge in [-0.1, -0.05) is 158 Å². The van der Waals surface area contributed by atoms with E-state index in [2.05, 4.69) is 187 Å². The highest BCUT2D eigenvalue weighted by Crippen LogP contribution is 2.44. The van der Waals surface area contributed by atoms with E-state index in [-0.39, 0.29) is 0 Å². The number of hydrogen-bond acceptors (Lipinski definition) is 5. The zero-order valence-electron chi connectivity index (χ0n) is 36.9. The molecule has 15 aromatic rings. The summed E-state index contributed by atoms with van der Waals surface area (Å²) in [4.78, 5) is 16.1. The highest BCUT2D eigenvalue weighted by molar-refractivity contribution is 6.19. The van der Waals surface area contributed by atoms with Crippen molar-refractivity contribution in [2.24, 2.45) is 0 Å². The smallest absolute Gasteiger partial charge is 0.164 e. The normalized spacial score (nSPS) is 12.1. The van der Waals surface area contributed by atoms with Crippen LogP contribution in [0.1, 0.15) is 0 Å². The maximum atomic E-state index is 7.11. The van der Waals surface area contributed by atoms with Gasteiger partial charge in [0.2, 0.25) is 0 Å². The van der Waals surface area contributed by atoms with Crippen LogP contribution in [0.15, 0.2) is 227 Å². The first kappa shape index (κ1) is 37.8. The third-order valence-electron chi connectivity index (χ3n) is 13.9. The van der Waals surface area contributed by atoms with E-state index in [9.17, 15) is 0 Å². The van der Waals surface area contributed by atoms with Crippen molar-refractivity contribution in [2.75, 3.05) is 0 Å². The standard InChI is InChI=1S/C63H36N4O2/c1-2-13-37(14-3-1)38-25-27-39(28-26-38)61-64-62(66-63(65-61)48-22-12-24-57-59(48)47-21-10-11-23-56(47)68-57)46-32-52-51-31-42-17-6-9-20-45(42)36-58(51)69-60(52)55(35-46)67-53-33-43-18-7-4-15-40(43)29-49(53)50-30-41-16-5-8-19-44(41)34-54(50)67/h1-36H. The number of fused-ring (bicyclic) bond motifs is 12. The molecule has 0 aliphatic rings. The van der Waals surface area contributed by atoms with E-state index in [1.54, 1.807) is 0 Å². The Labute approximate surface area is 394 Å². The largest absolute Gasteiger partial charge is 0.456 e. The van der Waals surface area contributed by atoms with Crippen LogP contribution in [-0.4, -0.2) is 19.5 Å². The minimum Gasteiger partial charge on any atom is -0.456 e. The second-order valence-corrected chi connectivity index (χ2v) is 18.0. The lowest BCUT2D eigenvalue weighted by atomic mass is 10.0. The fourth-order valence-corrected chi connectivity index (χ4v) is 10.6. The van der Waals surface area contributed by atoms with Crippen molar-refractivity contribution in [1.29, 1.82) is 0 Å². The molecule has 0 fully saturated rings. The first-order valence-corrected chi connectivity index (χ1v) is 23.2. The number of nitrogens with zero attached hydrogens (tertiary/aromatic N) is 4. The van der Waals surface area contributed by atoms with Crippen LogP contribution in [0.4, 0.5) is 0 Å². The molecular weight excluding hydrogens is 845 g/mol. The van der Waals surface area contributed by atoms with Gasteiger partial charge in [0.15, 0.2) is 23.1 Å². The lowest BCUT2D eigenvalue weighted by Crippen LogP contribution is -2.02. The van der Waals surface area contributed by atoms with Crippen LogP contribution in [0.25, 0.3) is 149 Å². The first-order chi connectivity index (χ1) is 34.1. The Morgan fingerprint density at radius 2 is 0.826 bits per heavy atom. The summed E-state index contributed by atoms with van der Waals surface area (Å²) in [6.07, 6.45) is 0. The number of rotatable bonds is 5. The predicted molar refractivity (Wildman–Crippen MR) is 283 cm³/mol. The molecule has 0 saturated carbocycles. The Balaban J connectivity index is 1.05. The van der Waals surface area contributed by atoms with Gasteiger partial charge in [0.1, 0.15) is 16.7 Å². The number of aromatic nitrogens is 4. The molecule has 0 N–H and O–H groups in total. The van der Waals surface area contributed by atoms with E-state index in [4.69, 9.17) is 23.8 Å². The lowest BCUT2D eigenvalue weighted by Gasteiger charge is -2.13. The Kier molecular flexibility index (Phi) is 7.97. The average molecular weight is 881 g/mol. The summed E-state index contributed by atoms with van der Waals surface area (Å²) in [6, 6.07) is 77.0. The van der Waals surface area contributed by atoms with Gasteiger partial charge in [-0.2, -0.15) is 0 Å². The van der Waals surface area contributed by atoms with Crippen molar-refractivity contribution in [3.05, 3.63) is 218 Å². The molecule has 0 unspecified atom stereocenters. The zero-order chi connectivity index (χ0) is 45.2. The van der Waals surface area contributed by atoms with Crippen LogP contribution >= 0.6 is 0 Å². The quantitative estimate of drug-likeness (QED) is 0.172. The van der Waals surface area contributed by atoms with Gasteiger partial charge in [0.25, 0.3) is 0 Å². The van der Waals surface area contributed by atoms with Gasteiger partial charge < -0.3 is 13.4 Å². The van der Waals surface area contributed by atoms with Gasteiger partial charge in [-0.05, 0) is 104 Å². The summed E-state index contributed by atoms with van der Waals surface area (Å²) in [5.41, 5.74) is 11.1. The van der Waals surface area contributed by atoms with E-state index in [1.807, 2.05) is 36.4 Å². The number of furan rings is 2. The molecule has 0 aliphatic heterocycles. The molecular formula is C63H36N4O2. The summed E-state index contributed by atoms with van der Waals surface area (Å²) in [6.45, 7) is 0. The maximum Gasteiger partial charge on any atom is 0.164 e. The van der Waals surface area contributed by atoms with Crippen molar-refractivity contribution in [2.45, 2.75) is 0 Å². The molecule has 0 radical (unpaired) electrons. The van der Waals surface area contributed by atoms with E-state index >= 15 is 0 Å². The van der Waals surface area contributed by atoms with Gasteiger partial charge in [-0.3, -0.25) is 0 Å². The molecule has 69 heavy (non-hydrogen) atoms. The van der Waals surface area contributed by atoms with Gasteiger partial charge >= 0.3 is 0 Å². The van der Waals surface area contributed by atoms with Crippen LogP contribution in [0, 0.1) is 0 Å². The second-order valence-electron chi connectivity index (χ2n) is 18.0. The highest BCUT2D eigenvalue weighted by atomic mass is 16.3. The van der Waals surface area contributed by atoms with Gasteiger partial charge in [-0.15, -0.1) is 0 Å². The first-order valence-electron chi connectivity index (χ1n) is 23.2. The molecule has 0 amide bonds. The topological polar surface area (TPSA) is 69.9 Å². The average Bonchev–Trinajstić information content (AvgIpc) is 4.07. The SMILES string of the molecule is c1ccc(-c2ccc(-c3nc(-c4cc(-n5c6cc7ccccc7cc6c6cc7ccccc7cc65)c5oc6cc7ccccc7cc6c5c4)nc(-c4cccc5oc6ccccc6c45)n3)cc2)cc1. The Bertz CT molecular complexity index is 4510. The molecule has 4 aromatic heterocycles. The highest BCUT2D eigenvalue weighted by Gasteiger charge is 2.24. The minimum atomic E-state index is 0.543. The monoisotopic (exact) mass is 880 g/mol. The number of hydrogen-bond donors (Lipinski definition) is 0. The second kappa shape index (κ2) is 14.6. The van der Waals surface area contributed by atoms with Crippen molar-refractivity contribution in [3.8, 4) is 51.0 Å².